The van der Waals surface area contributed by atoms with E-state index in [0.717, 1.165) is 0 Å². The number of hydrogen-bond donors (Lipinski definition) is 2. The smallest absolute Gasteiger partial charge is 0.303 e. The van der Waals surface area contributed by atoms with Gasteiger partial charge in [-0.05, 0) is 37.5 Å². The minimum Gasteiger partial charge on any atom is -0.491 e. The van der Waals surface area contributed by atoms with Gasteiger partial charge in [0.2, 0.25) is 0 Å². The predicted molar refractivity (Wildman–Crippen MR) is 103 cm³/mol. The van der Waals surface area contributed by atoms with Crippen molar-refractivity contribution in [3.05, 3.63) is 66.8 Å². The molecule has 1 aliphatic rings. The largest absolute Gasteiger partial charge is 0.491 e. The number of allylic oxidation sites excluding steroid dienone is 5. The van der Waals surface area contributed by atoms with Crippen molar-refractivity contribution in [2.24, 2.45) is 11.8 Å². The number of aliphatic hydroxyl groups excluding tert-OH is 1. The van der Waals surface area contributed by atoms with Gasteiger partial charge in [0.1, 0.15) is 18.5 Å². The molecule has 0 heterocycles. The zero-order chi connectivity index (χ0) is 19.5. The molecule has 2 rings (SSSR count). The quantitative estimate of drug-likeness (QED) is 0.460. The maximum atomic E-state index is 12.0. The van der Waals surface area contributed by atoms with E-state index in [1.165, 1.54) is 0 Å². The second-order valence-electron chi connectivity index (χ2n) is 6.51. The van der Waals surface area contributed by atoms with Crippen molar-refractivity contribution in [3.63, 3.8) is 0 Å². The summed E-state index contributed by atoms with van der Waals surface area (Å²) in [5.74, 6) is -0.230. The van der Waals surface area contributed by atoms with Crippen molar-refractivity contribution in [2.75, 3.05) is 6.61 Å². The molecule has 5 nitrogen and oxygen atoms in total. The van der Waals surface area contributed by atoms with E-state index in [-0.39, 0.29) is 30.6 Å². The number of aliphatic carboxylic acids is 1. The third-order valence-electron chi connectivity index (χ3n) is 4.35. The Morgan fingerprint density at radius 2 is 2.00 bits per heavy atom. The molecule has 0 radical (unpaired) electrons. The lowest BCUT2D eigenvalue weighted by Gasteiger charge is -2.14. The number of benzene rings is 1. The number of ether oxygens (including phenoxy) is 1. The zero-order valence-electron chi connectivity index (χ0n) is 15.2. The third-order valence-corrected chi connectivity index (χ3v) is 4.35. The summed E-state index contributed by atoms with van der Waals surface area (Å²) in [6, 6.07) is 9.28. The third kappa shape index (κ3) is 7.62. The van der Waals surface area contributed by atoms with Crippen molar-refractivity contribution in [1.29, 1.82) is 0 Å². The number of aliphatic hydroxyl groups is 1. The predicted octanol–water partition coefficient (Wildman–Crippen LogP) is 3.56. The van der Waals surface area contributed by atoms with Crippen molar-refractivity contribution in [3.8, 4) is 5.75 Å². The molecule has 27 heavy (non-hydrogen) atoms. The summed E-state index contributed by atoms with van der Waals surface area (Å²) in [4.78, 5) is 22.5. The fourth-order valence-corrected chi connectivity index (χ4v) is 2.87. The molecular formula is C22H26O5. The van der Waals surface area contributed by atoms with E-state index in [9.17, 15) is 14.7 Å². The van der Waals surface area contributed by atoms with Crippen LogP contribution in [0.25, 0.3) is 0 Å². The second-order valence-corrected chi connectivity index (χ2v) is 6.51. The van der Waals surface area contributed by atoms with Crippen LogP contribution >= 0.6 is 0 Å². The van der Waals surface area contributed by atoms with Crippen LogP contribution in [0.4, 0.5) is 0 Å². The molecule has 5 heteroatoms. The molecule has 1 aromatic carbocycles. The zero-order valence-corrected chi connectivity index (χ0v) is 15.2. The molecule has 0 spiro atoms. The average molecular weight is 370 g/mol. The summed E-state index contributed by atoms with van der Waals surface area (Å²) in [5.41, 5.74) is 0. The molecule has 3 atom stereocenters. The average Bonchev–Trinajstić information content (AvgIpc) is 3.01. The van der Waals surface area contributed by atoms with Gasteiger partial charge in [0.05, 0.1) is 0 Å². The van der Waals surface area contributed by atoms with Crippen molar-refractivity contribution < 1.29 is 24.5 Å². The van der Waals surface area contributed by atoms with Crippen LogP contribution in [0, 0.1) is 11.8 Å². The summed E-state index contributed by atoms with van der Waals surface area (Å²) in [5, 5.41) is 18.7. The minimum atomic E-state index is -0.793. The van der Waals surface area contributed by atoms with E-state index in [4.69, 9.17) is 9.84 Å². The Morgan fingerprint density at radius 3 is 2.74 bits per heavy atom. The molecule has 0 unspecified atom stereocenters. The number of unbranched alkanes of at least 4 members (excludes halogenated alkanes) is 1. The molecule has 0 aromatic heterocycles. The second kappa shape index (κ2) is 11.1. The number of ketones is 1. The maximum absolute atomic E-state index is 12.0. The lowest BCUT2D eigenvalue weighted by molar-refractivity contribution is -0.137. The molecule has 1 aliphatic carbocycles. The van der Waals surface area contributed by atoms with E-state index < -0.39 is 12.1 Å². The topological polar surface area (TPSA) is 83.8 Å². The summed E-state index contributed by atoms with van der Waals surface area (Å²) >= 11 is 0. The number of carbonyl (C=O) groups excluding carboxylic acids is 1. The van der Waals surface area contributed by atoms with Crippen LogP contribution < -0.4 is 4.74 Å². The van der Waals surface area contributed by atoms with Gasteiger partial charge in [-0.2, -0.15) is 0 Å². The van der Waals surface area contributed by atoms with Crippen LogP contribution in [-0.2, 0) is 9.59 Å². The van der Waals surface area contributed by atoms with Crippen molar-refractivity contribution >= 4 is 11.8 Å². The summed E-state index contributed by atoms with van der Waals surface area (Å²) < 4.78 is 5.51. The molecule has 0 bridgehead atoms. The van der Waals surface area contributed by atoms with Gasteiger partial charge < -0.3 is 14.9 Å². The fourth-order valence-electron chi connectivity index (χ4n) is 2.87. The van der Waals surface area contributed by atoms with Crippen LogP contribution in [0.15, 0.2) is 66.8 Å². The first-order valence-electron chi connectivity index (χ1n) is 9.19. The monoisotopic (exact) mass is 370 g/mol. The Morgan fingerprint density at radius 1 is 1.22 bits per heavy atom. The van der Waals surface area contributed by atoms with Gasteiger partial charge in [-0.25, -0.2) is 0 Å². The van der Waals surface area contributed by atoms with Gasteiger partial charge in [0.25, 0.3) is 0 Å². The van der Waals surface area contributed by atoms with Gasteiger partial charge in [-0.3, -0.25) is 9.59 Å². The van der Waals surface area contributed by atoms with Gasteiger partial charge in [0, 0.05) is 18.3 Å². The Bertz CT molecular complexity index is 690. The van der Waals surface area contributed by atoms with Crippen LogP contribution in [0.5, 0.6) is 5.75 Å². The summed E-state index contributed by atoms with van der Waals surface area (Å²) in [7, 11) is 0. The molecular weight excluding hydrogens is 344 g/mol. The van der Waals surface area contributed by atoms with E-state index in [1.54, 1.807) is 12.2 Å². The first kappa shape index (κ1) is 20.6. The van der Waals surface area contributed by atoms with Gasteiger partial charge in [-0.1, -0.05) is 48.6 Å². The Kier molecular flexibility index (Phi) is 8.52. The molecule has 0 saturated carbocycles. The standard InChI is InChI=1S/C22H26O5/c23-18(16-27-19-8-4-3-5-9-19)14-12-17-13-15-21(24)20(17)10-6-1-2-7-11-22(25)26/h1,3-6,8-9,12-15,17-18,20,23H,2,7,10-11,16H2,(H,25,26)/b6-1-,14-12+/t17-,18+,20+/m0/s1. The number of carboxylic acid groups (broad SMARTS) is 1. The Balaban J connectivity index is 1.76. The van der Waals surface area contributed by atoms with Gasteiger partial charge >= 0.3 is 5.97 Å². The molecule has 144 valence electrons. The number of hydrogen-bond acceptors (Lipinski definition) is 4. The van der Waals surface area contributed by atoms with Crippen LogP contribution in [0.3, 0.4) is 0 Å². The van der Waals surface area contributed by atoms with Gasteiger partial charge in [0.15, 0.2) is 5.78 Å². The highest BCUT2D eigenvalue weighted by molar-refractivity contribution is 5.95. The maximum Gasteiger partial charge on any atom is 0.303 e. The van der Waals surface area contributed by atoms with Crippen LogP contribution in [0.2, 0.25) is 0 Å². The highest BCUT2D eigenvalue weighted by atomic mass is 16.5. The molecule has 0 saturated heterocycles. The van der Waals surface area contributed by atoms with Crippen molar-refractivity contribution in [2.45, 2.75) is 31.8 Å². The van der Waals surface area contributed by atoms with Crippen LogP contribution in [-0.4, -0.2) is 34.7 Å². The number of carboxylic acids is 1. The lowest BCUT2D eigenvalue weighted by atomic mass is 9.90. The lowest BCUT2D eigenvalue weighted by Crippen LogP contribution is -2.17. The molecule has 0 aliphatic heterocycles. The first-order valence-corrected chi connectivity index (χ1v) is 9.19. The number of rotatable bonds is 11. The minimum absolute atomic E-state index is 0.0486. The highest BCUT2D eigenvalue weighted by Gasteiger charge is 2.27. The number of para-hydroxylation sites is 1. The normalized spacial score (nSPS) is 20.6. The van der Waals surface area contributed by atoms with Crippen molar-refractivity contribution in [1.82, 2.24) is 0 Å². The van der Waals surface area contributed by atoms with E-state index >= 15 is 0 Å². The van der Waals surface area contributed by atoms with E-state index in [0.29, 0.717) is 25.0 Å². The fraction of sp³-hybridized carbons (Fsp3) is 0.364. The summed E-state index contributed by atoms with van der Waals surface area (Å²) in [6.07, 6.45) is 12.1. The Labute approximate surface area is 159 Å². The van der Waals surface area contributed by atoms with Crippen LogP contribution in [0.1, 0.15) is 25.7 Å². The SMILES string of the molecule is O=C(O)CCC/C=C\C[C@H]1C(=O)C=C[C@@H]1/C=C/[C@@H](O)COc1ccccc1. The Hall–Kier alpha value is -2.66. The van der Waals surface area contributed by atoms with Gasteiger partial charge in [-0.15, -0.1) is 0 Å². The van der Waals surface area contributed by atoms with E-state index in [1.807, 2.05) is 54.6 Å². The molecule has 0 fully saturated rings. The number of carbonyl (C=O) groups is 2. The molecule has 0 amide bonds. The molecule has 2 N–H and O–H groups in total. The summed E-state index contributed by atoms with van der Waals surface area (Å²) in [6.45, 7) is 0.152. The molecule has 1 aromatic rings. The first-order chi connectivity index (χ1) is 13.1. The van der Waals surface area contributed by atoms with E-state index in [2.05, 4.69) is 0 Å². The highest BCUT2D eigenvalue weighted by Crippen LogP contribution is 2.27.